The maximum absolute atomic E-state index is 4.37. The molecule has 3 heterocycles. The first-order chi connectivity index (χ1) is 13.7. The molecule has 148 valence electrons. The smallest absolute Gasteiger partial charge is 0.191 e. The Morgan fingerprint density at radius 1 is 1.21 bits per heavy atom. The number of guanidine groups is 1. The van der Waals surface area contributed by atoms with Crippen LogP contribution < -0.4 is 10.6 Å². The van der Waals surface area contributed by atoms with Crippen LogP contribution in [0.5, 0.6) is 0 Å². The first-order valence-electron chi connectivity index (χ1n) is 10.2. The van der Waals surface area contributed by atoms with Gasteiger partial charge in [0.2, 0.25) is 0 Å². The van der Waals surface area contributed by atoms with Gasteiger partial charge in [-0.1, -0.05) is 18.6 Å². The monoisotopic (exact) mass is 379 g/mol. The van der Waals surface area contributed by atoms with Gasteiger partial charge >= 0.3 is 0 Å². The van der Waals surface area contributed by atoms with Gasteiger partial charge in [-0.2, -0.15) is 0 Å². The standard InChI is InChI=1S/C21H29N7/c1-15-7-8-17-16(13-24-18(17)12-15)9-10-23-21(22-2)25-14-20-27-26-19-6-4-3-5-11-28(19)20/h7-8,12-13,24H,3-6,9-11,14H2,1-2H3,(H2,22,23,25). The molecule has 2 aromatic heterocycles. The van der Waals surface area contributed by atoms with E-state index in [4.69, 9.17) is 0 Å². The number of hydrogen-bond acceptors (Lipinski definition) is 3. The van der Waals surface area contributed by atoms with Gasteiger partial charge in [-0.3, -0.25) is 4.99 Å². The zero-order chi connectivity index (χ0) is 19.3. The summed E-state index contributed by atoms with van der Waals surface area (Å²) in [7, 11) is 1.80. The Morgan fingerprint density at radius 3 is 3.04 bits per heavy atom. The van der Waals surface area contributed by atoms with Crippen molar-refractivity contribution in [3.8, 4) is 0 Å². The summed E-state index contributed by atoms with van der Waals surface area (Å²) in [5, 5.41) is 16.8. The van der Waals surface area contributed by atoms with Crippen molar-refractivity contribution in [2.45, 2.75) is 52.1 Å². The number of aromatic amines is 1. The largest absolute Gasteiger partial charge is 0.361 e. The van der Waals surface area contributed by atoms with Crippen molar-refractivity contribution in [3.63, 3.8) is 0 Å². The quantitative estimate of drug-likeness (QED) is 0.470. The first kappa shape index (κ1) is 18.5. The molecule has 0 saturated heterocycles. The van der Waals surface area contributed by atoms with Crippen molar-refractivity contribution in [3.05, 3.63) is 47.2 Å². The van der Waals surface area contributed by atoms with Crippen LogP contribution in [0.2, 0.25) is 0 Å². The number of rotatable bonds is 5. The summed E-state index contributed by atoms with van der Waals surface area (Å²) in [6.45, 7) is 4.59. The maximum atomic E-state index is 4.37. The number of aryl methyl sites for hydroxylation is 2. The second-order valence-electron chi connectivity index (χ2n) is 7.46. The highest BCUT2D eigenvalue weighted by molar-refractivity contribution is 5.84. The molecular formula is C21H29N7. The van der Waals surface area contributed by atoms with Crippen LogP contribution in [0.3, 0.4) is 0 Å². The number of hydrogen-bond donors (Lipinski definition) is 3. The Bertz CT molecular complexity index is 966. The highest BCUT2D eigenvalue weighted by Crippen LogP contribution is 2.19. The van der Waals surface area contributed by atoms with E-state index in [1.54, 1.807) is 7.05 Å². The summed E-state index contributed by atoms with van der Waals surface area (Å²) in [5.74, 6) is 2.90. The van der Waals surface area contributed by atoms with Crippen LogP contribution in [0.4, 0.5) is 0 Å². The minimum absolute atomic E-state index is 0.638. The summed E-state index contributed by atoms with van der Waals surface area (Å²) in [4.78, 5) is 7.71. The lowest BCUT2D eigenvalue weighted by molar-refractivity contribution is 0.596. The average molecular weight is 380 g/mol. The lowest BCUT2D eigenvalue weighted by atomic mass is 10.1. The molecule has 0 fully saturated rings. The second-order valence-corrected chi connectivity index (χ2v) is 7.46. The molecule has 4 rings (SSSR count). The van der Waals surface area contributed by atoms with Crippen molar-refractivity contribution in [2.75, 3.05) is 13.6 Å². The fourth-order valence-electron chi connectivity index (χ4n) is 3.88. The lowest BCUT2D eigenvalue weighted by Gasteiger charge is -2.12. The lowest BCUT2D eigenvalue weighted by Crippen LogP contribution is -2.38. The molecule has 0 bridgehead atoms. The van der Waals surface area contributed by atoms with E-state index in [1.165, 1.54) is 41.3 Å². The van der Waals surface area contributed by atoms with E-state index in [9.17, 15) is 0 Å². The number of nitrogens with one attached hydrogen (secondary N) is 3. The third kappa shape index (κ3) is 4.03. The molecule has 1 aromatic carbocycles. The summed E-state index contributed by atoms with van der Waals surface area (Å²) in [6, 6.07) is 6.55. The van der Waals surface area contributed by atoms with E-state index in [0.717, 1.165) is 43.5 Å². The normalized spacial score (nSPS) is 14.7. The van der Waals surface area contributed by atoms with Crippen LogP contribution in [0.1, 0.15) is 42.0 Å². The second kappa shape index (κ2) is 8.46. The molecule has 3 N–H and O–H groups in total. The zero-order valence-electron chi connectivity index (χ0n) is 16.8. The Morgan fingerprint density at radius 2 is 2.14 bits per heavy atom. The van der Waals surface area contributed by atoms with Crippen molar-refractivity contribution in [2.24, 2.45) is 4.99 Å². The average Bonchev–Trinajstić information content (AvgIpc) is 3.19. The fourth-order valence-corrected chi connectivity index (χ4v) is 3.88. The van der Waals surface area contributed by atoms with Gasteiger partial charge in [-0.05, 0) is 43.4 Å². The van der Waals surface area contributed by atoms with Crippen LogP contribution in [0.25, 0.3) is 10.9 Å². The van der Waals surface area contributed by atoms with Gasteiger partial charge in [0.1, 0.15) is 5.82 Å². The highest BCUT2D eigenvalue weighted by Gasteiger charge is 2.14. The molecule has 1 aliphatic rings. The molecule has 1 aliphatic heterocycles. The topological polar surface area (TPSA) is 82.9 Å². The van der Waals surface area contributed by atoms with Crippen LogP contribution in [0.15, 0.2) is 29.4 Å². The van der Waals surface area contributed by atoms with E-state index in [-0.39, 0.29) is 0 Å². The number of aliphatic imine (C=N–C) groups is 1. The Kier molecular flexibility index (Phi) is 5.60. The van der Waals surface area contributed by atoms with Gasteiger partial charge in [0.15, 0.2) is 11.8 Å². The SMILES string of the molecule is CN=C(NCCc1c[nH]c2cc(C)ccc12)NCc1nnc2n1CCCCC2. The number of aromatic nitrogens is 4. The van der Waals surface area contributed by atoms with Gasteiger partial charge in [-0.25, -0.2) is 0 Å². The Labute approximate surface area is 165 Å². The fraction of sp³-hybridized carbons (Fsp3) is 0.476. The molecule has 0 amide bonds. The molecule has 7 heteroatoms. The number of benzene rings is 1. The molecule has 0 radical (unpaired) electrons. The molecule has 28 heavy (non-hydrogen) atoms. The van der Waals surface area contributed by atoms with E-state index < -0.39 is 0 Å². The Balaban J connectivity index is 1.31. The Hall–Kier alpha value is -2.83. The molecule has 0 atom stereocenters. The van der Waals surface area contributed by atoms with Crippen molar-refractivity contribution in [1.82, 2.24) is 30.4 Å². The summed E-state index contributed by atoms with van der Waals surface area (Å²) in [5.41, 5.74) is 3.79. The maximum Gasteiger partial charge on any atom is 0.191 e. The zero-order valence-corrected chi connectivity index (χ0v) is 16.8. The first-order valence-corrected chi connectivity index (χ1v) is 10.2. The number of nitrogens with zero attached hydrogens (tertiary/aromatic N) is 4. The molecular weight excluding hydrogens is 350 g/mol. The third-order valence-corrected chi connectivity index (χ3v) is 5.43. The summed E-state index contributed by atoms with van der Waals surface area (Å²) in [6.07, 6.45) is 7.76. The molecule has 0 spiro atoms. The number of H-pyrrole nitrogens is 1. The van der Waals surface area contributed by atoms with Gasteiger partial charge < -0.3 is 20.2 Å². The van der Waals surface area contributed by atoms with E-state index in [0.29, 0.717) is 6.54 Å². The summed E-state index contributed by atoms with van der Waals surface area (Å²) >= 11 is 0. The predicted octanol–water partition coefficient (Wildman–Crippen LogP) is 2.70. The van der Waals surface area contributed by atoms with Gasteiger partial charge in [0, 0.05) is 43.7 Å². The third-order valence-electron chi connectivity index (χ3n) is 5.43. The molecule has 0 unspecified atom stereocenters. The number of fused-ring (bicyclic) bond motifs is 2. The van der Waals surface area contributed by atoms with Crippen molar-refractivity contribution < 1.29 is 0 Å². The molecule has 3 aromatic rings. The molecule has 7 nitrogen and oxygen atoms in total. The molecule has 0 saturated carbocycles. The molecule has 0 aliphatic carbocycles. The van der Waals surface area contributed by atoms with Gasteiger partial charge in [0.25, 0.3) is 0 Å². The predicted molar refractivity (Wildman–Crippen MR) is 113 cm³/mol. The van der Waals surface area contributed by atoms with E-state index >= 15 is 0 Å². The summed E-state index contributed by atoms with van der Waals surface area (Å²) < 4.78 is 2.27. The van der Waals surface area contributed by atoms with Gasteiger partial charge in [0.05, 0.1) is 6.54 Å². The highest BCUT2D eigenvalue weighted by atomic mass is 15.3. The van der Waals surface area contributed by atoms with E-state index in [2.05, 4.69) is 66.7 Å². The van der Waals surface area contributed by atoms with Gasteiger partial charge in [-0.15, -0.1) is 10.2 Å². The van der Waals surface area contributed by atoms with Crippen LogP contribution >= 0.6 is 0 Å². The van der Waals surface area contributed by atoms with Crippen molar-refractivity contribution >= 4 is 16.9 Å². The minimum Gasteiger partial charge on any atom is -0.361 e. The van der Waals surface area contributed by atoms with Crippen LogP contribution in [-0.4, -0.2) is 39.3 Å². The van der Waals surface area contributed by atoms with Crippen molar-refractivity contribution in [1.29, 1.82) is 0 Å². The van der Waals surface area contributed by atoms with Crippen LogP contribution in [0, 0.1) is 6.92 Å². The van der Waals surface area contributed by atoms with Crippen LogP contribution in [-0.2, 0) is 25.9 Å². The minimum atomic E-state index is 0.638. The van der Waals surface area contributed by atoms with E-state index in [1.807, 2.05) is 0 Å².